The van der Waals surface area contributed by atoms with Crippen molar-refractivity contribution in [3.05, 3.63) is 45.2 Å². The predicted molar refractivity (Wildman–Crippen MR) is 87.8 cm³/mol. The van der Waals surface area contributed by atoms with Gasteiger partial charge in [0.05, 0.1) is 11.1 Å². The summed E-state index contributed by atoms with van der Waals surface area (Å²) in [6, 6.07) is 6.60. The fraction of sp³-hybridized carbons (Fsp3) is 0.400. The van der Waals surface area contributed by atoms with Gasteiger partial charge in [0.2, 0.25) is 0 Å². The van der Waals surface area contributed by atoms with Gasteiger partial charge in [0, 0.05) is 24.7 Å². The van der Waals surface area contributed by atoms with Crippen molar-refractivity contribution in [2.24, 2.45) is 0 Å². The zero-order valence-corrected chi connectivity index (χ0v) is 13.6. The summed E-state index contributed by atoms with van der Waals surface area (Å²) in [5, 5.41) is 6.12. The third-order valence-electron chi connectivity index (χ3n) is 3.38. The van der Waals surface area contributed by atoms with Crippen molar-refractivity contribution in [3.63, 3.8) is 0 Å². The normalized spacial score (nSPS) is 12.4. The third kappa shape index (κ3) is 3.51. The van der Waals surface area contributed by atoms with Gasteiger partial charge in [-0.25, -0.2) is 4.98 Å². The van der Waals surface area contributed by atoms with Crippen molar-refractivity contribution in [2.45, 2.75) is 26.4 Å². The minimum absolute atomic E-state index is 0.302. The van der Waals surface area contributed by atoms with Crippen molar-refractivity contribution in [2.75, 3.05) is 18.5 Å². The highest BCUT2D eigenvalue weighted by Gasteiger charge is 2.15. The van der Waals surface area contributed by atoms with Crippen LogP contribution in [0.1, 0.15) is 30.3 Å². The molecule has 0 saturated heterocycles. The Balaban J connectivity index is 2.19. The van der Waals surface area contributed by atoms with Crippen LogP contribution in [-0.2, 0) is 6.54 Å². The summed E-state index contributed by atoms with van der Waals surface area (Å²) in [6.07, 6.45) is 1.74. The van der Waals surface area contributed by atoms with Crippen LogP contribution in [-0.4, -0.2) is 18.6 Å². The van der Waals surface area contributed by atoms with Gasteiger partial charge in [-0.1, -0.05) is 24.6 Å². The van der Waals surface area contributed by atoms with Gasteiger partial charge in [0.25, 0.3) is 0 Å². The van der Waals surface area contributed by atoms with Crippen molar-refractivity contribution < 1.29 is 0 Å². The molecule has 108 valence electrons. The van der Waals surface area contributed by atoms with Gasteiger partial charge in [-0.15, -0.1) is 11.3 Å². The van der Waals surface area contributed by atoms with Crippen molar-refractivity contribution in [3.8, 4) is 0 Å². The molecule has 2 aromatic rings. The number of rotatable bonds is 6. The van der Waals surface area contributed by atoms with Gasteiger partial charge in [0.1, 0.15) is 5.82 Å². The predicted octanol–water partition coefficient (Wildman–Crippen LogP) is 4.10. The quantitative estimate of drug-likeness (QED) is 0.870. The Hall–Kier alpha value is -1.10. The summed E-state index contributed by atoms with van der Waals surface area (Å²) in [5.74, 6) is 0.947. The Labute approximate surface area is 129 Å². The molecule has 20 heavy (non-hydrogen) atoms. The van der Waals surface area contributed by atoms with E-state index in [4.69, 9.17) is 11.6 Å². The van der Waals surface area contributed by atoms with E-state index in [-0.39, 0.29) is 0 Å². The highest BCUT2D eigenvalue weighted by Crippen LogP contribution is 2.28. The number of nitrogens with zero attached hydrogens (tertiary/aromatic N) is 2. The highest BCUT2D eigenvalue weighted by atomic mass is 35.5. The molecular weight excluding hydrogens is 290 g/mol. The number of anilines is 1. The van der Waals surface area contributed by atoms with Crippen molar-refractivity contribution in [1.29, 1.82) is 0 Å². The van der Waals surface area contributed by atoms with Crippen LogP contribution in [0, 0.1) is 0 Å². The van der Waals surface area contributed by atoms with Crippen LogP contribution in [0.3, 0.4) is 0 Å². The van der Waals surface area contributed by atoms with Crippen LogP contribution in [0.2, 0.25) is 5.02 Å². The lowest BCUT2D eigenvalue weighted by Gasteiger charge is -2.25. The molecule has 0 radical (unpaired) electrons. The first-order valence-electron chi connectivity index (χ1n) is 6.74. The van der Waals surface area contributed by atoms with Gasteiger partial charge < -0.3 is 10.2 Å². The van der Waals surface area contributed by atoms with E-state index in [2.05, 4.69) is 59.7 Å². The highest BCUT2D eigenvalue weighted by molar-refractivity contribution is 7.10. The number of thiophene rings is 1. The third-order valence-corrected chi connectivity index (χ3v) is 4.77. The lowest BCUT2D eigenvalue weighted by atomic mass is 10.2. The van der Waals surface area contributed by atoms with Crippen molar-refractivity contribution in [1.82, 2.24) is 10.3 Å². The number of hydrogen-bond acceptors (Lipinski definition) is 4. The van der Waals surface area contributed by atoms with Gasteiger partial charge in [-0.05, 0) is 36.5 Å². The van der Waals surface area contributed by atoms with Crippen LogP contribution < -0.4 is 10.2 Å². The summed E-state index contributed by atoms with van der Waals surface area (Å²) < 4.78 is 0. The van der Waals surface area contributed by atoms with E-state index in [1.165, 1.54) is 4.88 Å². The molecule has 0 aromatic carbocycles. The molecule has 0 aliphatic rings. The monoisotopic (exact) mass is 309 g/mol. The molecule has 3 nitrogen and oxygen atoms in total. The molecule has 0 bridgehead atoms. The first-order chi connectivity index (χ1) is 9.63. The zero-order valence-electron chi connectivity index (χ0n) is 12.1. The average Bonchev–Trinajstić information content (AvgIpc) is 2.99. The molecule has 2 heterocycles. The second-order valence-corrected chi connectivity index (χ2v) is 6.10. The molecular formula is C15H20ClN3S. The molecule has 2 rings (SSSR count). The lowest BCUT2D eigenvalue weighted by molar-refractivity contribution is 0.718. The van der Waals surface area contributed by atoms with Gasteiger partial charge in [-0.3, -0.25) is 0 Å². The molecule has 1 N–H and O–H groups in total. The summed E-state index contributed by atoms with van der Waals surface area (Å²) in [4.78, 5) is 7.96. The Morgan fingerprint density at radius 2 is 2.30 bits per heavy atom. The molecule has 1 atom stereocenters. The number of nitrogens with one attached hydrogen (secondary N) is 1. The molecule has 1 unspecified atom stereocenters. The molecule has 2 aromatic heterocycles. The molecule has 0 fully saturated rings. The van der Waals surface area contributed by atoms with Crippen LogP contribution in [0.5, 0.6) is 0 Å². The molecule has 0 spiro atoms. The number of halogens is 1. The Bertz CT molecular complexity index is 542. The van der Waals surface area contributed by atoms with Crippen molar-refractivity contribution >= 4 is 28.8 Å². The molecule has 0 aliphatic heterocycles. The van der Waals surface area contributed by atoms with Gasteiger partial charge in [0.15, 0.2) is 0 Å². The first-order valence-corrected chi connectivity index (χ1v) is 8.00. The second kappa shape index (κ2) is 7.07. The summed E-state index contributed by atoms with van der Waals surface area (Å²) in [5.41, 5.74) is 1.09. The zero-order chi connectivity index (χ0) is 14.5. The van der Waals surface area contributed by atoms with Gasteiger partial charge >= 0.3 is 0 Å². The minimum Gasteiger partial charge on any atom is -0.352 e. The van der Waals surface area contributed by atoms with E-state index in [9.17, 15) is 0 Å². The smallest absolute Gasteiger partial charge is 0.129 e. The average molecular weight is 310 g/mol. The fourth-order valence-corrected chi connectivity index (χ4v) is 2.97. The largest absolute Gasteiger partial charge is 0.352 e. The van der Waals surface area contributed by atoms with Crippen LogP contribution in [0.25, 0.3) is 0 Å². The maximum atomic E-state index is 6.20. The summed E-state index contributed by atoms with van der Waals surface area (Å²) >= 11 is 7.96. The summed E-state index contributed by atoms with van der Waals surface area (Å²) in [6.45, 7) is 5.97. The maximum Gasteiger partial charge on any atom is 0.129 e. The van der Waals surface area contributed by atoms with E-state index in [1.54, 1.807) is 17.5 Å². The standard InChI is InChI=1S/C15H20ClN3S/c1-4-17-9-12-8-15(18-10-13(12)16)19(3)11(2)14-6-5-7-20-14/h5-8,10-11,17H,4,9H2,1-3H3. The topological polar surface area (TPSA) is 28.2 Å². The Morgan fingerprint density at radius 3 is 2.95 bits per heavy atom. The van der Waals surface area contributed by atoms with Crippen LogP contribution in [0.4, 0.5) is 5.82 Å². The number of hydrogen-bond donors (Lipinski definition) is 1. The molecule has 5 heteroatoms. The molecule has 0 aliphatic carbocycles. The van der Waals surface area contributed by atoms with Crippen LogP contribution in [0.15, 0.2) is 29.8 Å². The lowest BCUT2D eigenvalue weighted by Crippen LogP contribution is -2.22. The van der Waals surface area contributed by atoms with E-state index in [0.717, 1.165) is 24.5 Å². The minimum atomic E-state index is 0.302. The molecule has 0 saturated carbocycles. The van der Waals surface area contributed by atoms with Gasteiger partial charge in [-0.2, -0.15) is 0 Å². The van der Waals surface area contributed by atoms with Crippen LogP contribution >= 0.6 is 22.9 Å². The second-order valence-electron chi connectivity index (χ2n) is 4.72. The van der Waals surface area contributed by atoms with E-state index < -0.39 is 0 Å². The first kappa shape index (κ1) is 15.3. The fourth-order valence-electron chi connectivity index (χ4n) is 1.97. The van der Waals surface area contributed by atoms with E-state index >= 15 is 0 Å². The Kier molecular flexibility index (Phi) is 5.40. The SMILES string of the molecule is CCNCc1cc(N(C)C(C)c2cccs2)ncc1Cl. The Morgan fingerprint density at radius 1 is 1.50 bits per heavy atom. The number of pyridine rings is 1. The maximum absolute atomic E-state index is 6.20. The number of aromatic nitrogens is 1. The summed E-state index contributed by atoms with van der Waals surface area (Å²) in [7, 11) is 2.07. The van der Waals surface area contributed by atoms with E-state index in [1.807, 2.05) is 0 Å². The molecule has 0 amide bonds. The van der Waals surface area contributed by atoms with E-state index in [0.29, 0.717) is 11.1 Å².